The summed E-state index contributed by atoms with van der Waals surface area (Å²) in [5.74, 6) is 0. The van der Waals surface area contributed by atoms with E-state index >= 15 is 0 Å². The number of nitrogens with zero attached hydrogens (tertiary/aromatic N) is 5. The van der Waals surface area contributed by atoms with Gasteiger partial charge in [0.25, 0.3) is 0 Å². The Morgan fingerprint density at radius 2 is 2.12 bits per heavy atom. The Labute approximate surface area is 157 Å². The van der Waals surface area contributed by atoms with Crippen LogP contribution in [-0.2, 0) is 13.1 Å². The maximum atomic E-state index is 4.82. The lowest BCUT2D eigenvalue weighted by molar-refractivity contribution is 0.201. The zero-order valence-electron chi connectivity index (χ0n) is 16.6. The average molecular weight is 354 g/mol. The van der Waals surface area contributed by atoms with Crippen LogP contribution in [0.3, 0.4) is 0 Å². The van der Waals surface area contributed by atoms with Crippen LogP contribution < -0.4 is 0 Å². The molecule has 5 nitrogen and oxygen atoms in total. The van der Waals surface area contributed by atoms with Crippen molar-refractivity contribution in [2.45, 2.75) is 66.1 Å². The normalized spacial score (nSPS) is 18.2. The highest BCUT2D eigenvalue weighted by atomic mass is 15.5. The summed E-state index contributed by atoms with van der Waals surface area (Å²) in [6.07, 6.45) is 5.19. The summed E-state index contributed by atoms with van der Waals surface area (Å²) in [5.41, 5.74) is 4.92. The molecule has 0 fully saturated rings. The van der Waals surface area contributed by atoms with E-state index in [-0.39, 0.29) is 0 Å². The third-order valence-corrected chi connectivity index (χ3v) is 4.48. The van der Waals surface area contributed by atoms with Crippen LogP contribution in [0.5, 0.6) is 0 Å². The summed E-state index contributed by atoms with van der Waals surface area (Å²) in [7, 11) is 0. The van der Waals surface area contributed by atoms with Crippen LogP contribution in [0.4, 0.5) is 0 Å². The second-order valence-electron chi connectivity index (χ2n) is 7.03. The van der Waals surface area contributed by atoms with Crippen molar-refractivity contribution >= 4 is 11.4 Å². The molecule has 2 rings (SSSR count). The van der Waals surface area contributed by atoms with Crippen molar-refractivity contribution in [1.82, 2.24) is 15.0 Å². The first-order chi connectivity index (χ1) is 12.4. The van der Waals surface area contributed by atoms with E-state index in [1.165, 1.54) is 18.6 Å². The average Bonchev–Trinajstić information content (AvgIpc) is 2.75. The SMILES string of the molecule is C=C/C(C)=N\N(Cc1cccc(CN2N=C(C)CCCC2C)n1)C(=C)C. The molecule has 140 valence electrons. The van der Waals surface area contributed by atoms with Gasteiger partial charge in [-0.3, -0.25) is 15.0 Å². The molecule has 26 heavy (non-hydrogen) atoms. The minimum absolute atomic E-state index is 0.435. The number of hydrogen-bond acceptors (Lipinski definition) is 5. The van der Waals surface area contributed by atoms with Crippen LogP contribution in [0.2, 0.25) is 0 Å². The number of hydrogen-bond donors (Lipinski definition) is 0. The lowest BCUT2D eigenvalue weighted by atomic mass is 10.1. The highest BCUT2D eigenvalue weighted by molar-refractivity contribution is 5.92. The van der Waals surface area contributed by atoms with E-state index in [9.17, 15) is 0 Å². The lowest BCUT2D eigenvalue weighted by Gasteiger charge is -2.25. The van der Waals surface area contributed by atoms with Gasteiger partial charge in [0.15, 0.2) is 0 Å². The predicted molar refractivity (Wildman–Crippen MR) is 110 cm³/mol. The molecule has 0 saturated carbocycles. The Bertz CT molecular complexity index is 704. The first-order valence-electron chi connectivity index (χ1n) is 9.25. The molecule has 1 aromatic heterocycles. The van der Waals surface area contributed by atoms with Gasteiger partial charge in [0.2, 0.25) is 0 Å². The summed E-state index contributed by atoms with van der Waals surface area (Å²) in [6.45, 7) is 17.3. The van der Waals surface area contributed by atoms with Gasteiger partial charge >= 0.3 is 0 Å². The molecule has 0 amide bonds. The first kappa shape index (κ1) is 19.9. The maximum absolute atomic E-state index is 4.82. The third kappa shape index (κ3) is 5.83. The van der Waals surface area contributed by atoms with Gasteiger partial charge in [-0.05, 0) is 65.2 Å². The number of pyridine rings is 1. The molecular formula is C21H31N5. The Morgan fingerprint density at radius 3 is 2.81 bits per heavy atom. The van der Waals surface area contributed by atoms with Crippen LogP contribution in [-0.4, -0.2) is 32.5 Å². The molecule has 0 bridgehead atoms. The van der Waals surface area contributed by atoms with Gasteiger partial charge in [-0.25, -0.2) is 0 Å². The topological polar surface area (TPSA) is 44.1 Å². The predicted octanol–water partition coefficient (Wildman–Crippen LogP) is 4.73. The van der Waals surface area contributed by atoms with Gasteiger partial charge in [0, 0.05) is 17.5 Å². The summed E-state index contributed by atoms with van der Waals surface area (Å²) in [5, 5.41) is 13.3. The molecule has 1 unspecified atom stereocenters. The van der Waals surface area contributed by atoms with Gasteiger partial charge in [0.1, 0.15) is 0 Å². The van der Waals surface area contributed by atoms with Gasteiger partial charge < -0.3 is 0 Å². The van der Waals surface area contributed by atoms with Crippen molar-refractivity contribution < 1.29 is 0 Å². The molecule has 5 heteroatoms. The molecule has 0 aromatic carbocycles. The molecule has 0 radical (unpaired) electrons. The smallest absolute Gasteiger partial charge is 0.0834 e. The second kappa shape index (κ2) is 9.32. The Kier molecular flexibility index (Phi) is 7.13. The maximum Gasteiger partial charge on any atom is 0.0834 e. The number of hydrazone groups is 2. The number of allylic oxidation sites excluding steroid dienone is 2. The molecule has 2 heterocycles. The molecule has 1 atom stereocenters. The van der Waals surface area contributed by atoms with Crippen molar-refractivity contribution in [2.75, 3.05) is 0 Å². The standard InChI is InChI=1S/C21H31N5/c1-7-17(4)23-25(16(2)3)14-20-12-9-13-21(22-20)15-26-19(6)11-8-10-18(5)24-26/h7,9,12-13,19H,1-2,8,10-11,14-15H2,3-6H3/b23-17-. The molecule has 1 aliphatic heterocycles. The Balaban J connectivity index is 2.15. The van der Waals surface area contributed by atoms with Gasteiger partial charge in [-0.15, -0.1) is 0 Å². The zero-order valence-corrected chi connectivity index (χ0v) is 16.6. The summed E-state index contributed by atoms with van der Waals surface area (Å²) < 4.78 is 0. The zero-order chi connectivity index (χ0) is 19.1. The molecule has 0 saturated heterocycles. The van der Waals surface area contributed by atoms with Crippen LogP contribution in [0.15, 0.2) is 53.3 Å². The van der Waals surface area contributed by atoms with E-state index in [0.717, 1.165) is 35.8 Å². The van der Waals surface area contributed by atoms with Crippen molar-refractivity contribution in [2.24, 2.45) is 10.2 Å². The highest BCUT2D eigenvalue weighted by Crippen LogP contribution is 2.18. The van der Waals surface area contributed by atoms with E-state index in [2.05, 4.69) is 49.2 Å². The van der Waals surface area contributed by atoms with Crippen molar-refractivity contribution in [3.63, 3.8) is 0 Å². The summed E-state index contributed by atoms with van der Waals surface area (Å²) >= 11 is 0. The van der Waals surface area contributed by atoms with Crippen molar-refractivity contribution in [1.29, 1.82) is 0 Å². The minimum atomic E-state index is 0.435. The Morgan fingerprint density at radius 1 is 1.38 bits per heavy atom. The first-order valence-corrected chi connectivity index (χ1v) is 9.25. The van der Waals surface area contributed by atoms with Crippen LogP contribution in [0, 0.1) is 0 Å². The fourth-order valence-corrected chi connectivity index (χ4v) is 2.87. The molecule has 0 aliphatic carbocycles. The molecule has 1 aliphatic rings. The fraction of sp³-hybridized carbons (Fsp3) is 0.476. The van der Waals surface area contributed by atoms with Gasteiger partial charge in [-0.1, -0.05) is 19.2 Å². The Hall–Kier alpha value is -2.43. The van der Waals surface area contributed by atoms with Crippen molar-refractivity contribution in [3.8, 4) is 0 Å². The third-order valence-electron chi connectivity index (χ3n) is 4.48. The summed E-state index contributed by atoms with van der Waals surface area (Å²) in [6, 6.07) is 6.58. The minimum Gasteiger partial charge on any atom is -0.288 e. The quantitative estimate of drug-likeness (QED) is 0.526. The van der Waals surface area contributed by atoms with E-state index < -0.39 is 0 Å². The molecule has 1 aromatic rings. The number of aromatic nitrogens is 1. The van der Waals surface area contributed by atoms with E-state index in [0.29, 0.717) is 12.6 Å². The summed E-state index contributed by atoms with van der Waals surface area (Å²) in [4.78, 5) is 4.82. The van der Waals surface area contributed by atoms with Crippen LogP contribution in [0.1, 0.15) is 58.3 Å². The highest BCUT2D eigenvalue weighted by Gasteiger charge is 2.17. The van der Waals surface area contributed by atoms with Gasteiger partial charge in [-0.2, -0.15) is 10.2 Å². The lowest BCUT2D eigenvalue weighted by Crippen LogP contribution is -2.27. The number of rotatable bonds is 7. The molecule has 0 spiro atoms. The fourth-order valence-electron chi connectivity index (χ4n) is 2.87. The van der Waals surface area contributed by atoms with E-state index in [1.54, 1.807) is 6.08 Å². The molecular weight excluding hydrogens is 322 g/mol. The van der Waals surface area contributed by atoms with Crippen LogP contribution >= 0.6 is 0 Å². The largest absolute Gasteiger partial charge is 0.288 e. The van der Waals surface area contributed by atoms with Crippen molar-refractivity contribution in [3.05, 3.63) is 54.5 Å². The monoisotopic (exact) mass is 353 g/mol. The van der Waals surface area contributed by atoms with E-state index in [4.69, 9.17) is 10.1 Å². The second-order valence-corrected chi connectivity index (χ2v) is 7.03. The van der Waals surface area contributed by atoms with Gasteiger partial charge in [0.05, 0.1) is 30.2 Å². The molecule has 0 N–H and O–H groups in total. The van der Waals surface area contributed by atoms with Crippen LogP contribution in [0.25, 0.3) is 0 Å². The van der Waals surface area contributed by atoms with E-state index in [1.807, 2.05) is 24.9 Å².